The van der Waals surface area contributed by atoms with Crippen LogP contribution in [0.1, 0.15) is 12.5 Å². The molecule has 70 valence electrons. The van der Waals surface area contributed by atoms with Crippen molar-refractivity contribution in [3.8, 4) is 0 Å². The Bertz CT molecular complexity index is 284. The second-order valence-corrected chi connectivity index (χ2v) is 3.91. The van der Waals surface area contributed by atoms with Crippen LogP contribution >= 0.6 is 11.8 Å². The highest BCUT2D eigenvalue weighted by Gasteiger charge is 2.11. The molecule has 0 radical (unpaired) electrons. The first-order chi connectivity index (χ1) is 6.29. The lowest BCUT2D eigenvalue weighted by Crippen LogP contribution is -2.14. The molecule has 13 heavy (non-hydrogen) atoms. The van der Waals surface area contributed by atoms with Crippen molar-refractivity contribution in [1.82, 2.24) is 0 Å². The van der Waals surface area contributed by atoms with E-state index < -0.39 is 0 Å². The Hall–Kier alpha value is -0.960. The summed E-state index contributed by atoms with van der Waals surface area (Å²) in [6.45, 7) is 2.02. The van der Waals surface area contributed by atoms with Gasteiger partial charge in [0.15, 0.2) is 0 Å². The van der Waals surface area contributed by atoms with Gasteiger partial charge in [-0.05, 0) is 13.2 Å². The fourth-order valence-corrected chi connectivity index (χ4v) is 1.50. The van der Waals surface area contributed by atoms with Gasteiger partial charge in [-0.1, -0.05) is 35.5 Å². The van der Waals surface area contributed by atoms with E-state index in [4.69, 9.17) is 5.21 Å². The van der Waals surface area contributed by atoms with Crippen LogP contribution in [0, 0.1) is 0 Å². The summed E-state index contributed by atoms with van der Waals surface area (Å²) in [5, 5.41) is 12.4. The molecule has 3 heteroatoms. The maximum atomic E-state index is 8.86. The van der Waals surface area contributed by atoms with E-state index >= 15 is 0 Å². The Balaban J connectivity index is 2.93. The third-order valence-electron chi connectivity index (χ3n) is 1.92. The topological polar surface area (TPSA) is 32.6 Å². The Morgan fingerprint density at radius 3 is 2.46 bits per heavy atom. The predicted molar refractivity (Wildman–Crippen MR) is 57.7 cm³/mol. The smallest absolute Gasteiger partial charge is 0.0994 e. The fourth-order valence-electron chi connectivity index (χ4n) is 1.09. The minimum atomic E-state index is 0.215. The third-order valence-corrected chi connectivity index (χ3v) is 2.85. The summed E-state index contributed by atoms with van der Waals surface area (Å²) in [5.41, 5.74) is 1.71. The van der Waals surface area contributed by atoms with Crippen LogP contribution in [0.4, 0.5) is 0 Å². The molecule has 1 N–H and O–H groups in total. The number of benzene rings is 1. The van der Waals surface area contributed by atoms with Crippen LogP contribution in [0.2, 0.25) is 0 Å². The van der Waals surface area contributed by atoms with Crippen LogP contribution in [-0.4, -0.2) is 22.4 Å². The second-order valence-electron chi connectivity index (χ2n) is 2.73. The van der Waals surface area contributed by atoms with Gasteiger partial charge in [0.1, 0.15) is 0 Å². The Kier molecular flexibility index (Phi) is 3.83. The van der Waals surface area contributed by atoms with E-state index in [-0.39, 0.29) is 5.25 Å². The number of thioether (sulfide) groups is 1. The molecule has 0 bridgehead atoms. The zero-order chi connectivity index (χ0) is 9.68. The van der Waals surface area contributed by atoms with Gasteiger partial charge in [0.05, 0.1) is 5.71 Å². The summed E-state index contributed by atoms with van der Waals surface area (Å²) >= 11 is 1.66. The van der Waals surface area contributed by atoms with Gasteiger partial charge in [-0.2, -0.15) is 11.8 Å². The van der Waals surface area contributed by atoms with Crippen molar-refractivity contribution < 1.29 is 5.21 Å². The Morgan fingerprint density at radius 1 is 1.38 bits per heavy atom. The van der Waals surface area contributed by atoms with Crippen molar-refractivity contribution in [2.45, 2.75) is 12.2 Å². The van der Waals surface area contributed by atoms with Gasteiger partial charge in [0.2, 0.25) is 0 Å². The first-order valence-corrected chi connectivity index (χ1v) is 5.38. The molecule has 0 heterocycles. The summed E-state index contributed by atoms with van der Waals surface area (Å²) in [6, 6.07) is 9.72. The van der Waals surface area contributed by atoms with E-state index in [2.05, 4.69) is 5.16 Å². The first kappa shape index (κ1) is 10.1. The molecule has 0 aromatic heterocycles. The molecular weight excluding hydrogens is 182 g/mol. The van der Waals surface area contributed by atoms with Crippen molar-refractivity contribution in [1.29, 1.82) is 0 Å². The average Bonchev–Trinajstić information content (AvgIpc) is 2.20. The van der Waals surface area contributed by atoms with Gasteiger partial charge in [0, 0.05) is 10.8 Å². The molecule has 1 aromatic carbocycles. The highest BCUT2D eigenvalue weighted by atomic mass is 32.2. The second kappa shape index (κ2) is 4.92. The van der Waals surface area contributed by atoms with Gasteiger partial charge in [-0.15, -0.1) is 0 Å². The maximum Gasteiger partial charge on any atom is 0.0994 e. The molecule has 0 aliphatic rings. The largest absolute Gasteiger partial charge is 0.411 e. The monoisotopic (exact) mass is 195 g/mol. The van der Waals surface area contributed by atoms with E-state index in [1.54, 1.807) is 11.8 Å². The number of rotatable bonds is 3. The minimum Gasteiger partial charge on any atom is -0.411 e. The van der Waals surface area contributed by atoms with Crippen LogP contribution in [-0.2, 0) is 0 Å². The van der Waals surface area contributed by atoms with Crippen LogP contribution in [0.25, 0.3) is 0 Å². The normalized spacial score (nSPS) is 14.2. The fraction of sp³-hybridized carbons (Fsp3) is 0.300. The van der Waals surface area contributed by atoms with E-state index in [0.29, 0.717) is 0 Å². The summed E-state index contributed by atoms with van der Waals surface area (Å²) in [6.07, 6.45) is 2.00. The molecule has 0 unspecified atom stereocenters. The summed E-state index contributed by atoms with van der Waals surface area (Å²) in [5.74, 6) is 0. The van der Waals surface area contributed by atoms with Crippen LogP contribution < -0.4 is 0 Å². The predicted octanol–water partition coefficient (Wildman–Crippen LogP) is 2.62. The van der Waals surface area contributed by atoms with Crippen LogP contribution in [0.3, 0.4) is 0 Å². The SMILES string of the molecule is CS[C@@H](C)/C(=N\O)c1ccccc1. The first-order valence-electron chi connectivity index (χ1n) is 4.09. The van der Waals surface area contributed by atoms with Gasteiger partial charge in [0.25, 0.3) is 0 Å². The molecule has 0 saturated carbocycles. The van der Waals surface area contributed by atoms with E-state index in [1.165, 1.54) is 0 Å². The quantitative estimate of drug-likeness (QED) is 0.457. The summed E-state index contributed by atoms with van der Waals surface area (Å²) < 4.78 is 0. The molecule has 0 amide bonds. The highest BCUT2D eigenvalue weighted by molar-refractivity contribution is 7.99. The van der Waals surface area contributed by atoms with Crippen molar-refractivity contribution in [2.75, 3.05) is 6.26 Å². The van der Waals surface area contributed by atoms with Gasteiger partial charge >= 0.3 is 0 Å². The van der Waals surface area contributed by atoms with Crippen LogP contribution in [0.5, 0.6) is 0 Å². The molecule has 1 rings (SSSR count). The molecule has 1 aromatic rings. The van der Waals surface area contributed by atoms with Gasteiger partial charge in [-0.3, -0.25) is 0 Å². The lowest BCUT2D eigenvalue weighted by Gasteiger charge is -2.09. The van der Waals surface area contributed by atoms with Crippen molar-refractivity contribution >= 4 is 17.5 Å². The number of hydrogen-bond donors (Lipinski definition) is 1. The number of oxime groups is 1. The van der Waals surface area contributed by atoms with Gasteiger partial charge in [-0.25, -0.2) is 0 Å². The Labute approximate surface area is 82.7 Å². The Morgan fingerprint density at radius 2 is 2.00 bits per heavy atom. The van der Waals surface area contributed by atoms with Crippen molar-refractivity contribution in [3.63, 3.8) is 0 Å². The average molecular weight is 195 g/mol. The molecule has 2 nitrogen and oxygen atoms in total. The molecule has 0 fully saturated rings. The van der Waals surface area contributed by atoms with E-state index in [9.17, 15) is 0 Å². The zero-order valence-corrected chi connectivity index (χ0v) is 8.58. The standard InChI is InChI=1S/C10H13NOS/c1-8(13-2)10(11-12)9-6-4-3-5-7-9/h3-8,12H,1-2H3/b11-10+/t8-/m0/s1. The minimum absolute atomic E-state index is 0.215. The lowest BCUT2D eigenvalue weighted by molar-refractivity contribution is 0.318. The molecule has 0 aliphatic carbocycles. The highest BCUT2D eigenvalue weighted by Crippen LogP contribution is 2.13. The maximum absolute atomic E-state index is 8.86. The van der Waals surface area contributed by atoms with E-state index in [1.807, 2.05) is 43.5 Å². The molecule has 0 aliphatic heterocycles. The van der Waals surface area contributed by atoms with Crippen molar-refractivity contribution in [3.05, 3.63) is 35.9 Å². The van der Waals surface area contributed by atoms with E-state index in [0.717, 1.165) is 11.3 Å². The molecule has 0 spiro atoms. The number of hydrogen-bond acceptors (Lipinski definition) is 3. The zero-order valence-electron chi connectivity index (χ0n) is 7.77. The lowest BCUT2D eigenvalue weighted by atomic mass is 10.1. The van der Waals surface area contributed by atoms with Crippen LogP contribution in [0.15, 0.2) is 35.5 Å². The number of nitrogens with zero attached hydrogens (tertiary/aromatic N) is 1. The van der Waals surface area contributed by atoms with Crippen molar-refractivity contribution in [2.24, 2.45) is 5.16 Å². The summed E-state index contributed by atoms with van der Waals surface area (Å²) in [4.78, 5) is 0. The third kappa shape index (κ3) is 2.49. The van der Waals surface area contributed by atoms with Gasteiger partial charge < -0.3 is 5.21 Å². The summed E-state index contributed by atoms with van der Waals surface area (Å²) in [7, 11) is 0. The molecule has 0 saturated heterocycles. The molecule has 1 atom stereocenters. The molecular formula is C10H13NOS.